The van der Waals surface area contributed by atoms with Crippen LogP contribution in [-0.4, -0.2) is 0 Å². The number of furan rings is 1. The molecule has 15 heavy (non-hydrogen) atoms. The number of rotatable bonds is 2. The monoisotopic (exact) mass is 392 g/mol. The normalized spacial score (nSPS) is 12.7. The van der Waals surface area contributed by atoms with Gasteiger partial charge in [-0.2, -0.15) is 0 Å². The first-order chi connectivity index (χ1) is 7.16. The van der Waals surface area contributed by atoms with Gasteiger partial charge in [0.15, 0.2) is 4.67 Å². The number of benzene rings is 1. The lowest BCUT2D eigenvalue weighted by molar-refractivity contribution is 0.497. The summed E-state index contributed by atoms with van der Waals surface area (Å²) >= 11 is 10.3. The van der Waals surface area contributed by atoms with Crippen molar-refractivity contribution in [1.29, 1.82) is 0 Å². The lowest BCUT2D eigenvalue weighted by atomic mass is 10.1. The average molecular weight is 395 g/mol. The molecule has 0 saturated carbocycles. The third-order valence-electron chi connectivity index (χ3n) is 2.01. The van der Waals surface area contributed by atoms with Gasteiger partial charge < -0.3 is 4.42 Å². The Bertz CT molecular complexity index is 447. The molecule has 0 radical (unpaired) electrons. The fourth-order valence-electron chi connectivity index (χ4n) is 1.26. The molecular weight excluding hydrogens is 388 g/mol. The van der Waals surface area contributed by atoms with Crippen molar-refractivity contribution in [2.24, 2.45) is 0 Å². The maximum absolute atomic E-state index is 5.49. The van der Waals surface area contributed by atoms with Crippen molar-refractivity contribution in [1.82, 2.24) is 0 Å². The summed E-state index contributed by atoms with van der Waals surface area (Å²) in [5.74, 6) is 0.893. The molecule has 4 heteroatoms. The Labute approximate surface area is 113 Å². The van der Waals surface area contributed by atoms with Crippen molar-refractivity contribution < 1.29 is 4.42 Å². The second kappa shape index (κ2) is 4.85. The highest BCUT2D eigenvalue weighted by Crippen LogP contribution is 2.33. The first-order valence-electron chi connectivity index (χ1n) is 4.31. The molecule has 2 aromatic rings. The van der Waals surface area contributed by atoms with E-state index in [0.717, 1.165) is 14.9 Å². The van der Waals surface area contributed by atoms with Gasteiger partial charge in [0.25, 0.3) is 0 Å². The molecular formula is C11H7Br3O. The molecule has 0 aliphatic rings. The summed E-state index contributed by atoms with van der Waals surface area (Å²) in [4.78, 5) is 0.0944. The van der Waals surface area contributed by atoms with E-state index in [1.165, 1.54) is 5.56 Å². The van der Waals surface area contributed by atoms with Crippen LogP contribution in [0.3, 0.4) is 0 Å². The fourth-order valence-corrected chi connectivity index (χ4v) is 2.40. The van der Waals surface area contributed by atoms with Gasteiger partial charge in [0.1, 0.15) is 5.76 Å². The molecule has 0 aliphatic carbocycles. The molecule has 1 aromatic heterocycles. The van der Waals surface area contributed by atoms with Crippen LogP contribution in [0, 0.1) is 0 Å². The molecule has 0 bridgehead atoms. The Kier molecular flexibility index (Phi) is 3.69. The van der Waals surface area contributed by atoms with E-state index in [0.29, 0.717) is 0 Å². The van der Waals surface area contributed by atoms with Crippen LogP contribution in [0.4, 0.5) is 0 Å². The second-order valence-electron chi connectivity index (χ2n) is 3.06. The molecule has 1 nitrogen and oxygen atoms in total. The molecule has 1 heterocycles. The minimum atomic E-state index is 0.0944. The lowest BCUT2D eigenvalue weighted by Crippen LogP contribution is -1.89. The molecule has 0 N–H and O–H groups in total. The lowest BCUT2D eigenvalue weighted by Gasteiger charge is -2.06. The summed E-state index contributed by atoms with van der Waals surface area (Å²) in [6.45, 7) is 0. The van der Waals surface area contributed by atoms with E-state index in [1.54, 1.807) is 0 Å². The van der Waals surface area contributed by atoms with Crippen LogP contribution < -0.4 is 0 Å². The van der Waals surface area contributed by atoms with E-state index < -0.39 is 0 Å². The summed E-state index contributed by atoms with van der Waals surface area (Å²) in [6.07, 6.45) is 0. The number of alkyl halides is 1. The van der Waals surface area contributed by atoms with Crippen LogP contribution in [0.1, 0.15) is 16.2 Å². The molecule has 0 fully saturated rings. The molecule has 0 aliphatic heterocycles. The summed E-state index contributed by atoms with van der Waals surface area (Å²) in [7, 11) is 0. The van der Waals surface area contributed by atoms with Crippen LogP contribution >= 0.6 is 47.8 Å². The minimum Gasteiger partial charge on any atom is -0.453 e. The van der Waals surface area contributed by atoms with E-state index in [9.17, 15) is 0 Å². The summed E-state index contributed by atoms with van der Waals surface area (Å²) in [5, 5.41) is 0. The molecule has 2 rings (SSSR count). The van der Waals surface area contributed by atoms with Gasteiger partial charge in [-0.15, -0.1) is 0 Å². The van der Waals surface area contributed by atoms with Crippen LogP contribution in [0.15, 0.2) is 50.0 Å². The van der Waals surface area contributed by atoms with E-state index >= 15 is 0 Å². The highest BCUT2D eigenvalue weighted by molar-refractivity contribution is 9.10. The highest BCUT2D eigenvalue weighted by Gasteiger charge is 2.13. The van der Waals surface area contributed by atoms with Crippen molar-refractivity contribution in [3.63, 3.8) is 0 Å². The zero-order valence-electron chi connectivity index (χ0n) is 7.58. The van der Waals surface area contributed by atoms with Gasteiger partial charge in [-0.25, -0.2) is 0 Å². The quantitative estimate of drug-likeness (QED) is 0.631. The third kappa shape index (κ3) is 2.74. The molecule has 0 amide bonds. The van der Waals surface area contributed by atoms with Gasteiger partial charge in [-0.1, -0.05) is 44.0 Å². The molecule has 0 saturated heterocycles. The van der Waals surface area contributed by atoms with Gasteiger partial charge in [0, 0.05) is 4.47 Å². The Morgan fingerprint density at radius 2 is 1.60 bits per heavy atom. The van der Waals surface area contributed by atoms with Crippen molar-refractivity contribution >= 4 is 47.8 Å². The number of hydrogen-bond donors (Lipinski definition) is 0. The van der Waals surface area contributed by atoms with Gasteiger partial charge in [-0.05, 0) is 45.8 Å². The fraction of sp³-hybridized carbons (Fsp3) is 0.0909. The Balaban J connectivity index is 2.28. The van der Waals surface area contributed by atoms with Crippen molar-refractivity contribution in [2.75, 3.05) is 0 Å². The summed E-state index contributed by atoms with van der Waals surface area (Å²) < 4.78 is 7.31. The standard InChI is InChI=1S/C11H7Br3O/c12-8-3-1-7(2-4-8)11(14)9-5-6-10(13)15-9/h1-6,11H. The predicted molar refractivity (Wildman–Crippen MR) is 71.3 cm³/mol. The summed E-state index contributed by atoms with van der Waals surface area (Å²) in [5.41, 5.74) is 1.17. The topological polar surface area (TPSA) is 13.1 Å². The molecule has 1 aromatic carbocycles. The maximum atomic E-state index is 5.49. The smallest absolute Gasteiger partial charge is 0.169 e. The highest BCUT2D eigenvalue weighted by atomic mass is 79.9. The largest absolute Gasteiger partial charge is 0.453 e. The van der Waals surface area contributed by atoms with Gasteiger partial charge in [0.2, 0.25) is 0 Å². The first kappa shape index (κ1) is 11.4. The SMILES string of the molecule is Brc1ccc(C(Br)c2ccc(Br)o2)cc1. The summed E-state index contributed by atoms with van der Waals surface area (Å²) in [6, 6.07) is 12.0. The number of hydrogen-bond acceptors (Lipinski definition) is 1. The molecule has 1 atom stereocenters. The maximum Gasteiger partial charge on any atom is 0.169 e. The van der Waals surface area contributed by atoms with Crippen LogP contribution in [0.25, 0.3) is 0 Å². The van der Waals surface area contributed by atoms with Crippen LogP contribution in [0.5, 0.6) is 0 Å². The van der Waals surface area contributed by atoms with Gasteiger partial charge >= 0.3 is 0 Å². The average Bonchev–Trinajstić information content (AvgIpc) is 2.65. The Hall–Kier alpha value is -0.0600. The minimum absolute atomic E-state index is 0.0944. The van der Waals surface area contributed by atoms with Gasteiger partial charge in [0.05, 0.1) is 4.83 Å². The first-order valence-corrected chi connectivity index (χ1v) is 6.82. The van der Waals surface area contributed by atoms with E-state index in [-0.39, 0.29) is 4.83 Å². The van der Waals surface area contributed by atoms with E-state index in [1.807, 2.05) is 24.3 Å². The predicted octanol–water partition coefficient (Wildman–Crippen LogP) is 5.29. The zero-order valence-corrected chi connectivity index (χ0v) is 12.3. The van der Waals surface area contributed by atoms with Crippen LogP contribution in [0.2, 0.25) is 0 Å². The van der Waals surface area contributed by atoms with E-state index in [4.69, 9.17) is 4.42 Å². The van der Waals surface area contributed by atoms with Crippen molar-refractivity contribution in [3.05, 3.63) is 56.9 Å². The van der Waals surface area contributed by atoms with Crippen molar-refractivity contribution in [2.45, 2.75) is 4.83 Å². The molecule has 0 spiro atoms. The van der Waals surface area contributed by atoms with Crippen molar-refractivity contribution in [3.8, 4) is 0 Å². The zero-order chi connectivity index (χ0) is 10.8. The number of halogens is 3. The van der Waals surface area contributed by atoms with Crippen LogP contribution in [-0.2, 0) is 0 Å². The van der Waals surface area contributed by atoms with E-state index in [2.05, 4.69) is 59.9 Å². The Morgan fingerprint density at radius 1 is 0.933 bits per heavy atom. The molecule has 1 unspecified atom stereocenters. The van der Waals surface area contributed by atoms with Gasteiger partial charge in [-0.3, -0.25) is 0 Å². The Morgan fingerprint density at radius 3 is 2.13 bits per heavy atom. The third-order valence-corrected chi connectivity index (χ3v) is 3.94. The second-order valence-corrected chi connectivity index (χ2v) is 5.67. The molecule has 78 valence electrons.